The molecule has 1 fully saturated rings. The molecule has 0 bridgehead atoms. The molecule has 1 atom stereocenters. The lowest BCUT2D eigenvalue weighted by Crippen LogP contribution is -2.38. The molecule has 0 radical (unpaired) electrons. The van der Waals surface area contributed by atoms with Crippen LogP contribution in [0.5, 0.6) is 0 Å². The Kier molecular flexibility index (Phi) is 5.58. The topological polar surface area (TPSA) is 41.0 Å². The lowest BCUT2D eigenvalue weighted by molar-refractivity contribution is 0.181. The highest BCUT2D eigenvalue weighted by molar-refractivity contribution is 5.24. The first kappa shape index (κ1) is 14.3. The molecule has 0 aliphatic carbocycles. The van der Waals surface area contributed by atoms with E-state index >= 15 is 0 Å². The largest absolute Gasteiger partial charge is 0.354 e. The van der Waals surface area contributed by atoms with E-state index in [4.69, 9.17) is 0 Å². The highest BCUT2D eigenvalue weighted by Crippen LogP contribution is 2.16. The summed E-state index contributed by atoms with van der Waals surface area (Å²) in [6.45, 7) is 9.09. The molecule has 2 rings (SSSR count). The molecule has 0 aromatic carbocycles. The minimum absolute atomic E-state index is 0.731. The van der Waals surface area contributed by atoms with Crippen molar-refractivity contribution in [2.45, 2.75) is 39.5 Å². The van der Waals surface area contributed by atoms with Crippen molar-refractivity contribution in [1.29, 1.82) is 0 Å². The average molecular weight is 262 g/mol. The summed E-state index contributed by atoms with van der Waals surface area (Å²) in [5, 5.41) is 3.38. The highest BCUT2D eigenvalue weighted by Gasteiger charge is 2.19. The van der Waals surface area contributed by atoms with Crippen molar-refractivity contribution in [3.05, 3.63) is 18.0 Å². The molecule has 1 N–H and O–H groups in total. The molecule has 0 spiro atoms. The number of aromatic nitrogens is 2. The van der Waals surface area contributed by atoms with Crippen LogP contribution >= 0.6 is 0 Å². The second-order valence-corrected chi connectivity index (χ2v) is 5.46. The molecule has 1 aromatic rings. The fourth-order valence-corrected chi connectivity index (χ4v) is 2.70. The van der Waals surface area contributed by atoms with Crippen LogP contribution in [0.15, 0.2) is 12.4 Å². The van der Waals surface area contributed by atoms with Crippen molar-refractivity contribution in [2.75, 3.05) is 31.5 Å². The Morgan fingerprint density at radius 3 is 2.79 bits per heavy atom. The van der Waals surface area contributed by atoms with Crippen LogP contribution in [-0.4, -0.2) is 41.0 Å². The Labute approximate surface area is 116 Å². The fraction of sp³-hybridized carbons (Fsp3) is 0.733. The monoisotopic (exact) mass is 262 g/mol. The molecule has 0 amide bonds. The maximum absolute atomic E-state index is 4.35. The smallest absolute Gasteiger partial charge is 0.222 e. The van der Waals surface area contributed by atoms with Gasteiger partial charge in [-0.2, -0.15) is 0 Å². The summed E-state index contributed by atoms with van der Waals surface area (Å²) in [4.78, 5) is 11.3. The third-order valence-electron chi connectivity index (χ3n) is 3.81. The highest BCUT2D eigenvalue weighted by atomic mass is 15.1. The van der Waals surface area contributed by atoms with E-state index in [1.807, 2.05) is 12.4 Å². The van der Waals surface area contributed by atoms with E-state index in [1.54, 1.807) is 0 Å². The van der Waals surface area contributed by atoms with Crippen LogP contribution < -0.4 is 5.32 Å². The van der Waals surface area contributed by atoms with E-state index in [0.717, 1.165) is 24.8 Å². The van der Waals surface area contributed by atoms with Crippen molar-refractivity contribution in [2.24, 2.45) is 5.92 Å². The Morgan fingerprint density at radius 1 is 1.32 bits per heavy atom. The van der Waals surface area contributed by atoms with Gasteiger partial charge < -0.3 is 10.2 Å². The molecule has 1 aliphatic heterocycles. The lowest BCUT2D eigenvalue weighted by Gasteiger charge is -2.32. The van der Waals surface area contributed by atoms with Gasteiger partial charge in [0, 0.05) is 25.5 Å². The van der Waals surface area contributed by atoms with E-state index in [2.05, 4.69) is 34.0 Å². The van der Waals surface area contributed by atoms with Crippen molar-refractivity contribution in [1.82, 2.24) is 14.9 Å². The molecule has 4 nitrogen and oxygen atoms in total. The van der Waals surface area contributed by atoms with Crippen molar-refractivity contribution in [3.8, 4) is 0 Å². The lowest BCUT2D eigenvalue weighted by atomic mass is 9.98. The molecule has 1 aliphatic rings. The fourth-order valence-electron chi connectivity index (χ4n) is 2.70. The summed E-state index contributed by atoms with van der Waals surface area (Å²) in [7, 11) is 0. The summed E-state index contributed by atoms with van der Waals surface area (Å²) < 4.78 is 0. The van der Waals surface area contributed by atoms with Gasteiger partial charge in [-0.05, 0) is 50.3 Å². The Bertz CT molecular complexity index is 361. The standard InChI is InChI=1S/C15H26N4/c1-3-7-19-8-5-6-14(12-19)11-18-15-16-9-13(4-2)10-17-15/h9-10,14H,3-8,11-12H2,1-2H3,(H,16,17,18)/t14-/m1/s1. The predicted molar refractivity (Wildman–Crippen MR) is 79.4 cm³/mol. The normalized spacial score (nSPS) is 20.4. The van der Waals surface area contributed by atoms with Crippen LogP contribution in [0.25, 0.3) is 0 Å². The van der Waals surface area contributed by atoms with Gasteiger partial charge in [-0.15, -0.1) is 0 Å². The first-order chi connectivity index (χ1) is 9.31. The molecular formula is C15H26N4. The number of hydrogen-bond donors (Lipinski definition) is 1. The molecular weight excluding hydrogens is 236 g/mol. The minimum atomic E-state index is 0.731. The predicted octanol–water partition coefficient (Wildman–Crippen LogP) is 2.57. The molecule has 0 unspecified atom stereocenters. The van der Waals surface area contributed by atoms with Crippen molar-refractivity contribution in [3.63, 3.8) is 0 Å². The average Bonchev–Trinajstić information content (AvgIpc) is 2.46. The summed E-state index contributed by atoms with van der Waals surface area (Å²) in [6.07, 6.45) is 8.72. The van der Waals surface area contributed by atoms with Crippen molar-refractivity contribution < 1.29 is 0 Å². The van der Waals surface area contributed by atoms with Gasteiger partial charge in [0.15, 0.2) is 0 Å². The van der Waals surface area contributed by atoms with Crippen LogP contribution in [0.1, 0.15) is 38.7 Å². The first-order valence-electron chi connectivity index (χ1n) is 7.59. The summed E-state index contributed by atoms with van der Waals surface area (Å²) in [5.41, 5.74) is 1.19. The number of anilines is 1. The number of likely N-dealkylation sites (tertiary alicyclic amines) is 1. The van der Waals surface area contributed by atoms with E-state index < -0.39 is 0 Å². The van der Waals surface area contributed by atoms with Gasteiger partial charge in [-0.3, -0.25) is 0 Å². The number of piperidine rings is 1. The molecule has 1 aromatic heterocycles. The van der Waals surface area contributed by atoms with Crippen LogP contribution in [0.2, 0.25) is 0 Å². The summed E-state index contributed by atoms with van der Waals surface area (Å²) in [6, 6.07) is 0. The zero-order valence-electron chi connectivity index (χ0n) is 12.2. The van der Waals surface area contributed by atoms with Gasteiger partial charge in [0.1, 0.15) is 0 Å². The van der Waals surface area contributed by atoms with Crippen LogP contribution in [0.4, 0.5) is 5.95 Å². The first-order valence-corrected chi connectivity index (χ1v) is 7.59. The molecule has 2 heterocycles. The second kappa shape index (κ2) is 7.43. The third-order valence-corrected chi connectivity index (χ3v) is 3.81. The number of aryl methyl sites for hydroxylation is 1. The maximum atomic E-state index is 4.35. The zero-order valence-corrected chi connectivity index (χ0v) is 12.2. The van der Waals surface area contributed by atoms with E-state index in [0.29, 0.717) is 0 Å². The SMILES string of the molecule is CCCN1CCC[C@H](CNc2ncc(CC)cn2)C1. The zero-order chi connectivity index (χ0) is 13.5. The van der Waals surface area contributed by atoms with Gasteiger partial charge in [0.05, 0.1) is 0 Å². The van der Waals surface area contributed by atoms with E-state index in [1.165, 1.54) is 44.5 Å². The number of hydrogen-bond acceptors (Lipinski definition) is 4. The molecule has 4 heteroatoms. The molecule has 19 heavy (non-hydrogen) atoms. The van der Waals surface area contributed by atoms with Gasteiger partial charge >= 0.3 is 0 Å². The van der Waals surface area contributed by atoms with E-state index in [-0.39, 0.29) is 0 Å². The van der Waals surface area contributed by atoms with Gasteiger partial charge in [-0.25, -0.2) is 9.97 Å². The summed E-state index contributed by atoms with van der Waals surface area (Å²) in [5.74, 6) is 1.50. The van der Waals surface area contributed by atoms with E-state index in [9.17, 15) is 0 Å². The van der Waals surface area contributed by atoms with Crippen LogP contribution in [-0.2, 0) is 6.42 Å². The Balaban J connectivity index is 1.77. The molecule has 1 saturated heterocycles. The third kappa shape index (κ3) is 4.46. The quantitative estimate of drug-likeness (QED) is 0.855. The molecule has 106 valence electrons. The Morgan fingerprint density at radius 2 is 2.11 bits per heavy atom. The number of nitrogens with zero attached hydrogens (tertiary/aromatic N) is 3. The second-order valence-electron chi connectivity index (χ2n) is 5.46. The Hall–Kier alpha value is -1.16. The summed E-state index contributed by atoms with van der Waals surface area (Å²) >= 11 is 0. The van der Waals surface area contributed by atoms with Crippen LogP contribution in [0, 0.1) is 5.92 Å². The van der Waals surface area contributed by atoms with Crippen LogP contribution in [0.3, 0.4) is 0 Å². The maximum Gasteiger partial charge on any atom is 0.222 e. The van der Waals surface area contributed by atoms with Gasteiger partial charge in [0.25, 0.3) is 0 Å². The number of nitrogens with one attached hydrogen (secondary N) is 1. The van der Waals surface area contributed by atoms with Gasteiger partial charge in [0.2, 0.25) is 5.95 Å². The minimum Gasteiger partial charge on any atom is -0.354 e. The van der Waals surface area contributed by atoms with Crippen molar-refractivity contribution >= 4 is 5.95 Å². The molecule has 0 saturated carbocycles. The van der Waals surface area contributed by atoms with Gasteiger partial charge in [-0.1, -0.05) is 13.8 Å². The number of rotatable bonds is 6.